The van der Waals surface area contributed by atoms with Crippen molar-refractivity contribution in [1.29, 1.82) is 0 Å². The number of anilines is 1. The molecule has 8 heteroatoms. The fourth-order valence-electron chi connectivity index (χ4n) is 2.34. The molecule has 1 heterocycles. The number of hydrogen-bond donors (Lipinski definition) is 2. The SMILES string of the molecule is O=C(COC(=O)C1CCC1)NC(=O)Nc1ccc2c(c1)OCCO2. The Morgan fingerprint density at radius 2 is 1.88 bits per heavy atom. The molecule has 2 N–H and O–H groups in total. The predicted molar refractivity (Wildman–Crippen MR) is 82.9 cm³/mol. The van der Waals surface area contributed by atoms with Crippen LogP contribution in [0.4, 0.5) is 10.5 Å². The van der Waals surface area contributed by atoms with Crippen molar-refractivity contribution in [3.05, 3.63) is 18.2 Å². The van der Waals surface area contributed by atoms with Crippen molar-refractivity contribution in [2.75, 3.05) is 25.1 Å². The van der Waals surface area contributed by atoms with E-state index in [1.807, 2.05) is 0 Å². The van der Waals surface area contributed by atoms with Crippen molar-refractivity contribution in [3.63, 3.8) is 0 Å². The lowest BCUT2D eigenvalue weighted by molar-refractivity contribution is -0.154. The van der Waals surface area contributed by atoms with Gasteiger partial charge in [0.25, 0.3) is 5.91 Å². The molecule has 1 fully saturated rings. The number of carbonyl (C=O) groups excluding carboxylic acids is 3. The second-order valence-corrected chi connectivity index (χ2v) is 5.60. The zero-order valence-corrected chi connectivity index (χ0v) is 13.0. The third-order valence-corrected chi connectivity index (χ3v) is 3.84. The molecule has 2 aliphatic rings. The first-order valence-electron chi connectivity index (χ1n) is 7.79. The van der Waals surface area contributed by atoms with Gasteiger partial charge in [0.15, 0.2) is 18.1 Å². The van der Waals surface area contributed by atoms with Crippen LogP contribution in [0.3, 0.4) is 0 Å². The molecule has 128 valence electrons. The molecule has 3 amide bonds. The van der Waals surface area contributed by atoms with Gasteiger partial charge in [0, 0.05) is 11.8 Å². The van der Waals surface area contributed by atoms with E-state index in [1.54, 1.807) is 18.2 Å². The number of hydrogen-bond acceptors (Lipinski definition) is 6. The number of esters is 1. The summed E-state index contributed by atoms with van der Waals surface area (Å²) in [6.45, 7) is 0.450. The maximum atomic E-state index is 11.8. The van der Waals surface area contributed by atoms with Crippen LogP contribution in [-0.4, -0.2) is 37.7 Å². The Labute approximate surface area is 138 Å². The molecular weight excluding hydrogens is 316 g/mol. The third kappa shape index (κ3) is 3.95. The number of rotatable bonds is 4. The lowest BCUT2D eigenvalue weighted by Crippen LogP contribution is -2.38. The molecule has 3 rings (SSSR count). The van der Waals surface area contributed by atoms with Crippen LogP contribution in [0.15, 0.2) is 18.2 Å². The van der Waals surface area contributed by atoms with E-state index in [4.69, 9.17) is 14.2 Å². The van der Waals surface area contributed by atoms with Crippen molar-refractivity contribution in [3.8, 4) is 11.5 Å². The van der Waals surface area contributed by atoms with Crippen molar-refractivity contribution in [2.45, 2.75) is 19.3 Å². The van der Waals surface area contributed by atoms with E-state index in [2.05, 4.69) is 10.6 Å². The van der Waals surface area contributed by atoms with Gasteiger partial charge in [-0.2, -0.15) is 0 Å². The highest BCUT2D eigenvalue weighted by Gasteiger charge is 2.27. The molecule has 8 nitrogen and oxygen atoms in total. The van der Waals surface area contributed by atoms with Gasteiger partial charge in [-0.3, -0.25) is 14.9 Å². The van der Waals surface area contributed by atoms with Crippen LogP contribution in [0.5, 0.6) is 11.5 Å². The minimum atomic E-state index is -0.712. The summed E-state index contributed by atoms with van der Waals surface area (Å²) in [6.07, 6.45) is 2.60. The van der Waals surface area contributed by atoms with Crippen molar-refractivity contribution in [2.24, 2.45) is 5.92 Å². The first-order valence-corrected chi connectivity index (χ1v) is 7.79. The molecule has 0 spiro atoms. The summed E-state index contributed by atoms with van der Waals surface area (Å²) in [5, 5.41) is 4.61. The first-order chi connectivity index (χ1) is 11.6. The van der Waals surface area contributed by atoms with Gasteiger partial charge in [0.1, 0.15) is 13.2 Å². The van der Waals surface area contributed by atoms with Gasteiger partial charge in [-0.05, 0) is 25.0 Å². The van der Waals surface area contributed by atoms with E-state index in [-0.39, 0.29) is 11.9 Å². The Kier molecular flexibility index (Phi) is 4.83. The largest absolute Gasteiger partial charge is 0.486 e. The van der Waals surface area contributed by atoms with Gasteiger partial charge in [-0.15, -0.1) is 0 Å². The standard InChI is InChI=1S/C16H18N2O6/c19-14(9-24-15(20)10-2-1-3-10)18-16(21)17-11-4-5-12-13(8-11)23-7-6-22-12/h4-5,8,10H,1-3,6-7,9H2,(H2,17,18,19,21). The summed E-state index contributed by atoms with van der Waals surface area (Å²) >= 11 is 0. The van der Waals surface area contributed by atoms with Crippen LogP contribution in [-0.2, 0) is 14.3 Å². The van der Waals surface area contributed by atoms with Crippen LogP contribution < -0.4 is 20.1 Å². The molecule has 1 aliphatic carbocycles. The number of benzene rings is 1. The molecule has 0 saturated heterocycles. The highest BCUT2D eigenvalue weighted by Crippen LogP contribution is 2.32. The molecule has 24 heavy (non-hydrogen) atoms. The van der Waals surface area contributed by atoms with Crippen LogP contribution in [0, 0.1) is 5.92 Å². The fraction of sp³-hybridized carbons (Fsp3) is 0.438. The molecule has 1 aliphatic heterocycles. The summed E-state index contributed by atoms with van der Waals surface area (Å²) in [5.41, 5.74) is 0.455. The molecule has 0 atom stereocenters. The number of ether oxygens (including phenoxy) is 3. The predicted octanol–water partition coefficient (Wildman–Crippen LogP) is 1.45. The Bertz CT molecular complexity index is 656. The van der Waals surface area contributed by atoms with Crippen molar-refractivity contribution in [1.82, 2.24) is 5.32 Å². The van der Waals surface area contributed by atoms with E-state index < -0.39 is 18.5 Å². The molecule has 0 unspecified atom stereocenters. The third-order valence-electron chi connectivity index (χ3n) is 3.84. The van der Waals surface area contributed by atoms with E-state index in [9.17, 15) is 14.4 Å². The number of fused-ring (bicyclic) bond motifs is 1. The number of amides is 3. The maximum Gasteiger partial charge on any atom is 0.325 e. The van der Waals surface area contributed by atoms with Gasteiger partial charge in [-0.25, -0.2) is 4.79 Å². The lowest BCUT2D eigenvalue weighted by Gasteiger charge is -2.22. The van der Waals surface area contributed by atoms with E-state index in [0.29, 0.717) is 30.4 Å². The molecule has 1 saturated carbocycles. The zero-order valence-electron chi connectivity index (χ0n) is 13.0. The summed E-state index contributed by atoms with van der Waals surface area (Å²) < 4.78 is 15.7. The molecular formula is C16H18N2O6. The smallest absolute Gasteiger partial charge is 0.325 e. The van der Waals surface area contributed by atoms with Crippen LogP contribution in [0.1, 0.15) is 19.3 Å². The molecule has 0 radical (unpaired) electrons. The summed E-state index contributed by atoms with van der Waals surface area (Å²) in [4.78, 5) is 34.9. The number of nitrogens with one attached hydrogen (secondary N) is 2. The Morgan fingerprint density at radius 1 is 1.12 bits per heavy atom. The van der Waals surface area contributed by atoms with Gasteiger partial charge in [-0.1, -0.05) is 6.42 Å². The second kappa shape index (κ2) is 7.20. The van der Waals surface area contributed by atoms with Crippen LogP contribution in [0.2, 0.25) is 0 Å². The highest BCUT2D eigenvalue weighted by molar-refractivity contribution is 6.02. The van der Waals surface area contributed by atoms with Crippen LogP contribution in [0.25, 0.3) is 0 Å². The van der Waals surface area contributed by atoms with E-state index in [1.165, 1.54) is 0 Å². The first kappa shape index (κ1) is 16.1. The van der Waals surface area contributed by atoms with Crippen molar-refractivity contribution >= 4 is 23.6 Å². The summed E-state index contributed by atoms with van der Waals surface area (Å²) in [7, 11) is 0. The van der Waals surface area contributed by atoms with E-state index >= 15 is 0 Å². The highest BCUT2D eigenvalue weighted by atomic mass is 16.6. The van der Waals surface area contributed by atoms with Gasteiger partial charge in [0.05, 0.1) is 5.92 Å². The summed E-state index contributed by atoms with van der Waals surface area (Å²) in [5.74, 6) is -0.0447. The molecule has 1 aromatic rings. The number of urea groups is 1. The van der Waals surface area contributed by atoms with Crippen LogP contribution >= 0.6 is 0 Å². The zero-order chi connectivity index (χ0) is 16.9. The average Bonchev–Trinajstić information content (AvgIpc) is 2.51. The minimum Gasteiger partial charge on any atom is -0.486 e. The Morgan fingerprint density at radius 3 is 2.58 bits per heavy atom. The summed E-state index contributed by atoms with van der Waals surface area (Å²) in [6, 6.07) is 4.20. The number of imide groups is 1. The Hall–Kier alpha value is -2.77. The molecule has 1 aromatic carbocycles. The minimum absolute atomic E-state index is 0.107. The normalized spacial score (nSPS) is 15.8. The topological polar surface area (TPSA) is 103 Å². The van der Waals surface area contributed by atoms with Gasteiger partial charge in [0.2, 0.25) is 0 Å². The monoisotopic (exact) mass is 334 g/mol. The van der Waals surface area contributed by atoms with Gasteiger partial charge < -0.3 is 19.5 Å². The second-order valence-electron chi connectivity index (χ2n) is 5.60. The molecule has 0 bridgehead atoms. The average molecular weight is 334 g/mol. The van der Waals surface area contributed by atoms with Gasteiger partial charge >= 0.3 is 12.0 Å². The number of carbonyl (C=O) groups is 3. The van der Waals surface area contributed by atoms with E-state index in [0.717, 1.165) is 19.3 Å². The molecule has 0 aromatic heterocycles. The Balaban J connectivity index is 1.44. The fourth-order valence-corrected chi connectivity index (χ4v) is 2.34. The quantitative estimate of drug-likeness (QED) is 0.808. The maximum absolute atomic E-state index is 11.8. The van der Waals surface area contributed by atoms with Crippen molar-refractivity contribution < 1.29 is 28.6 Å². The lowest BCUT2D eigenvalue weighted by atomic mass is 9.86.